The molecule has 0 saturated heterocycles. The van der Waals surface area contributed by atoms with Crippen LogP contribution < -0.4 is 4.74 Å². The normalized spacial score (nSPS) is 10.5. The molecule has 104 valence electrons. The Morgan fingerprint density at radius 1 is 1.53 bits per heavy atom. The molecule has 0 fully saturated rings. The first kappa shape index (κ1) is 15.1. The maximum absolute atomic E-state index is 12.1. The Morgan fingerprint density at radius 2 is 2.16 bits per heavy atom. The number of ether oxygens (including phenoxy) is 1. The van der Waals surface area contributed by atoms with E-state index in [0.29, 0.717) is 0 Å². The highest BCUT2D eigenvalue weighted by atomic mass is 35.5. The van der Waals surface area contributed by atoms with Gasteiger partial charge >= 0.3 is 12.6 Å². The van der Waals surface area contributed by atoms with E-state index in [1.807, 2.05) is 0 Å². The highest BCUT2D eigenvalue weighted by Gasteiger charge is 2.22. The fraction of sp³-hybridized carbons (Fsp3) is 0.300. The van der Waals surface area contributed by atoms with Crippen LogP contribution in [0.1, 0.15) is 11.1 Å². The van der Waals surface area contributed by atoms with Gasteiger partial charge in [0.05, 0.1) is 17.4 Å². The summed E-state index contributed by atoms with van der Waals surface area (Å²) in [6.45, 7) is -3.15. The molecule has 0 unspecified atom stereocenters. The Labute approximate surface area is 110 Å². The number of hydrogen-bond donors (Lipinski definition) is 1. The molecule has 0 bridgehead atoms. The lowest BCUT2D eigenvalue weighted by Gasteiger charge is -2.10. The molecule has 0 atom stereocenters. The smallest absolute Gasteiger partial charge is 0.387 e. The van der Waals surface area contributed by atoms with Gasteiger partial charge in [0.15, 0.2) is 0 Å². The van der Waals surface area contributed by atoms with E-state index in [-0.39, 0.29) is 17.0 Å². The molecule has 0 radical (unpaired) electrons. The Bertz CT molecular complexity index is 509. The van der Waals surface area contributed by atoms with Crippen molar-refractivity contribution in [3.8, 4) is 5.75 Å². The fourth-order valence-electron chi connectivity index (χ4n) is 1.50. The molecule has 6 nitrogen and oxygen atoms in total. The van der Waals surface area contributed by atoms with Crippen molar-refractivity contribution in [3.63, 3.8) is 0 Å². The number of nitro groups is 1. The van der Waals surface area contributed by atoms with E-state index in [1.54, 1.807) is 0 Å². The number of halogens is 3. The second-order valence-electron chi connectivity index (χ2n) is 3.42. The molecule has 1 aromatic rings. The lowest BCUT2D eigenvalue weighted by atomic mass is 10.0. The largest absolute Gasteiger partial charge is 0.481 e. The monoisotopic (exact) mass is 295 g/mol. The summed E-state index contributed by atoms with van der Waals surface area (Å²) in [6.07, 6.45) is -0.632. The molecule has 0 saturated carbocycles. The highest BCUT2D eigenvalue weighted by Crippen LogP contribution is 2.31. The number of alkyl halides is 3. The molecule has 0 aliphatic heterocycles. The molecule has 1 rings (SSSR count). The van der Waals surface area contributed by atoms with Gasteiger partial charge < -0.3 is 9.84 Å². The Balaban J connectivity index is 3.35. The third-order valence-electron chi connectivity index (χ3n) is 2.19. The molecule has 0 heterocycles. The number of carbonyl (C=O) groups is 1. The average molecular weight is 296 g/mol. The van der Waals surface area contributed by atoms with E-state index in [0.717, 1.165) is 12.1 Å². The summed E-state index contributed by atoms with van der Waals surface area (Å²) >= 11 is 5.54. The van der Waals surface area contributed by atoms with Crippen LogP contribution >= 0.6 is 11.6 Å². The average Bonchev–Trinajstić information content (AvgIpc) is 2.28. The number of hydrogen-bond acceptors (Lipinski definition) is 4. The number of nitro benzene ring substituents is 1. The van der Waals surface area contributed by atoms with Gasteiger partial charge in [0.1, 0.15) is 5.75 Å². The van der Waals surface area contributed by atoms with Gasteiger partial charge in [0.25, 0.3) is 5.69 Å². The minimum Gasteiger partial charge on any atom is -0.481 e. The van der Waals surface area contributed by atoms with Crippen LogP contribution in [0, 0.1) is 10.1 Å². The first-order valence-corrected chi connectivity index (χ1v) is 5.41. The number of rotatable bonds is 6. The van der Waals surface area contributed by atoms with Crippen molar-refractivity contribution in [2.45, 2.75) is 18.9 Å². The predicted octanol–water partition coefficient (Wildman–Crippen LogP) is 2.56. The number of carboxylic acid groups (broad SMARTS) is 1. The van der Waals surface area contributed by atoms with Crippen molar-refractivity contribution in [1.82, 2.24) is 0 Å². The topological polar surface area (TPSA) is 89.7 Å². The quantitative estimate of drug-likeness (QED) is 0.495. The van der Waals surface area contributed by atoms with Gasteiger partial charge in [0, 0.05) is 11.4 Å². The lowest BCUT2D eigenvalue weighted by molar-refractivity contribution is -0.385. The predicted molar refractivity (Wildman–Crippen MR) is 60.6 cm³/mol. The molecular formula is C10H8ClF2NO5. The summed E-state index contributed by atoms with van der Waals surface area (Å²) in [5.74, 6) is -1.99. The number of carboxylic acids is 1. The second-order valence-corrected chi connectivity index (χ2v) is 3.69. The van der Waals surface area contributed by atoms with Crippen LogP contribution in [0.2, 0.25) is 0 Å². The second kappa shape index (κ2) is 6.28. The molecule has 0 aromatic heterocycles. The van der Waals surface area contributed by atoms with Crippen LogP contribution in [0.4, 0.5) is 14.5 Å². The standard InChI is InChI=1S/C10H8ClF2NO5/c11-4-5-1-6(19-10(12)13)2-8(14(17)18)7(5)3-9(15)16/h1-2,10H,3-4H2,(H,15,16). The van der Waals surface area contributed by atoms with Crippen LogP contribution in [-0.4, -0.2) is 22.6 Å². The zero-order valence-electron chi connectivity index (χ0n) is 9.31. The molecule has 1 aromatic carbocycles. The van der Waals surface area contributed by atoms with Crippen molar-refractivity contribution >= 4 is 23.3 Å². The summed E-state index contributed by atoms with van der Waals surface area (Å²) in [4.78, 5) is 20.6. The van der Waals surface area contributed by atoms with Crippen molar-refractivity contribution in [2.24, 2.45) is 0 Å². The van der Waals surface area contributed by atoms with Crippen LogP contribution in [0.15, 0.2) is 12.1 Å². The first-order chi connectivity index (χ1) is 8.85. The molecule has 0 amide bonds. The van der Waals surface area contributed by atoms with Crippen LogP contribution in [0.3, 0.4) is 0 Å². The van der Waals surface area contributed by atoms with Gasteiger partial charge in [0.2, 0.25) is 0 Å². The summed E-state index contributed by atoms with van der Waals surface area (Å²) in [5.41, 5.74) is -0.681. The number of aliphatic carboxylic acids is 1. The van der Waals surface area contributed by atoms with Crippen molar-refractivity contribution in [1.29, 1.82) is 0 Å². The third-order valence-corrected chi connectivity index (χ3v) is 2.47. The zero-order chi connectivity index (χ0) is 14.6. The first-order valence-electron chi connectivity index (χ1n) is 4.88. The number of benzene rings is 1. The van der Waals surface area contributed by atoms with Gasteiger partial charge in [-0.25, -0.2) is 0 Å². The van der Waals surface area contributed by atoms with E-state index in [9.17, 15) is 23.7 Å². The van der Waals surface area contributed by atoms with Gasteiger partial charge in [-0.3, -0.25) is 14.9 Å². The molecule has 0 aliphatic rings. The van der Waals surface area contributed by atoms with E-state index in [2.05, 4.69) is 4.74 Å². The fourth-order valence-corrected chi connectivity index (χ4v) is 1.73. The molecule has 9 heteroatoms. The summed E-state index contributed by atoms with van der Waals surface area (Å²) in [5, 5.41) is 19.5. The summed E-state index contributed by atoms with van der Waals surface area (Å²) in [7, 11) is 0. The van der Waals surface area contributed by atoms with E-state index < -0.39 is 35.4 Å². The summed E-state index contributed by atoms with van der Waals surface area (Å²) < 4.78 is 28.2. The molecular weight excluding hydrogens is 288 g/mol. The lowest BCUT2D eigenvalue weighted by Crippen LogP contribution is -2.09. The van der Waals surface area contributed by atoms with Crippen molar-refractivity contribution in [2.75, 3.05) is 0 Å². The van der Waals surface area contributed by atoms with Gasteiger partial charge in [-0.15, -0.1) is 11.6 Å². The van der Waals surface area contributed by atoms with Gasteiger partial charge in [-0.05, 0) is 11.6 Å². The van der Waals surface area contributed by atoms with Gasteiger partial charge in [-0.2, -0.15) is 8.78 Å². The van der Waals surface area contributed by atoms with Crippen LogP contribution in [-0.2, 0) is 17.1 Å². The minimum atomic E-state index is -3.15. The molecule has 0 aliphatic carbocycles. The van der Waals surface area contributed by atoms with E-state index in [4.69, 9.17) is 16.7 Å². The molecule has 19 heavy (non-hydrogen) atoms. The van der Waals surface area contributed by atoms with Crippen LogP contribution in [0.5, 0.6) is 5.75 Å². The van der Waals surface area contributed by atoms with E-state index in [1.165, 1.54) is 0 Å². The number of nitrogens with zero attached hydrogens (tertiary/aromatic N) is 1. The maximum atomic E-state index is 12.1. The summed E-state index contributed by atoms with van der Waals surface area (Å²) in [6, 6.07) is 1.81. The Hall–Kier alpha value is -1.96. The van der Waals surface area contributed by atoms with Crippen molar-refractivity contribution in [3.05, 3.63) is 33.4 Å². The van der Waals surface area contributed by atoms with Crippen molar-refractivity contribution < 1.29 is 28.3 Å². The molecule has 1 N–H and O–H groups in total. The SMILES string of the molecule is O=C(O)Cc1c(CCl)cc(OC(F)F)cc1[N+](=O)[O-]. The zero-order valence-corrected chi connectivity index (χ0v) is 10.1. The molecule has 0 spiro atoms. The maximum Gasteiger partial charge on any atom is 0.387 e. The Kier molecular flexibility index (Phi) is 4.99. The minimum absolute atomic E-state index is 0.0638. The van der Waals surface area contributed by atoms with E-state index >= 15 is 0 Å². The van der Waals surface area contributed by atoms with Crippen LogP contribution in [0.25, 0.3) is 0 Å². The third kappa shape index (κ3) is 4.02. The highest BCUT2D eigenvalue weighted by molar-refractivity contribution is 6.17. The van der Waals surface area contributed by atoms with Gasteiger partial charge in [-0.1, -0.05) is 0 Å². The Morgan fingerprint density at radius 3 is 2.58 bits per heavy atom.